The van der Waals surface area contributed by atoms with E-state index in [9.17, 15) is 4.39 Å². The molecule has 1 atom stereocenters. The summed E-state index contributed by atoms with van der Waals surface area (Å²) in [4.78, 5) is 7.36. The lowest BCUT2D eigenvalue weighted by Crippen LogP contribution is -2.37. The van der Waals surface area contributed by atoms with Crippen LogP contribution in [0, 0.1) is 12.7 Å². The third kappa shape index (κ3) is 4.97. The number of aromatic nitrogens is 1. The van der Waals surface area contributed by atoms with Gasteiger partial charge in [0.1, 0.15) is 5.82 Å². The summed E-state index contributed by atoms with van der Waals surface area (Å²) in [6.45, 7) is 6.83. The molecule has 0 unspecified atom stereocenters. The maximum Gasteiger partial charge on any atom is 0.123 e. The Morgan fingerprint density at radius 3 is 2.86 bits per heavy atom. The standard InChI is InChI=1S/C23H28FN3O/c1-17-12-22(26-21-8-6-20(24)7-9-21)13-23(25-17)19-5-2-10-27(15-19)14-18-4-3-11-28-16-18/h4,6-9,12-13,19H,2-3,5,10-11,14-16H2,1H3,(H,25,26)/t19-/m1/s1. The summed E-state index contributed by atoms with van der Waals surface area (Å²) in [7, 11) is 0. The third-order valence-electron chi connectivity index (χ3n) is 5.44. The quantitative estimate of drug-likeness (QED) is 0.755. The molecule has 0 radical (unpaired) electrons. The van der Waals surface area contributed by atoms with Crippen molar-refractivity contribution < 1.29 is 9.13 Å². The molecule has 0 spiro atoms. The lowest BCUT2D eigenvalue weighted by atomic mass is 9.93. The second-order valence-electron chi connectivity index (χ2n) is 7.83. The van der Waals surface area contributed by atoms with Gasteiger partial charge in [-0.05, 0) is 74.7 Å². The largest absolute Gasteiger partial charge is 0.377 e. The molecule has 2 aliphatic rings. The van der Waals surface area contributed by atoms with E-state index in [4.69, 9.17) is 9.72 Å². The predicted octanol–water partition coefficient (Wildman–Crippen LogP) is 4.80. The zero-order valence-electron chi connectivity index (χ0n) is 16.5. The third-order valence-corrected chi connectivity index (χ3v) is 5.44. The number of piperidine rings is 1. The van der Waals surface area contributed by atoms with Crippen molar-refractivity contribution in [1.82, 2.24) is 9.88 Å². The van der Waals surface area contributed by atoms with Crippen LogP contribution in [0.2, 0.25) is 0 Å². The molecule has 0 amide bonds. The van der Waals surface area contributed by atoms with Gasteiger partial charge in [0.05, 0.1) is 13.2 Å². The number of nitrogens with zero attached hydrogens (tertiary/aromatic N) is 2. The molecular weight excluding hydrogens is 353 g/mol. The summed E-state index contributed by atoms with van der Waals surface area (Å²) in [5.74, 6) is 0.213. The summed E-state index contributed by atoms with van der Waals surface area (Å²) < 4.78 is 18.7. The normalized spacial score (nSPS) is 20.6. The van der Waals surface area contributed by atoms with Gasteiger partial charge in [0.25, 0.3) is 0 Å². The van der Waals surface area contributed by atoms with Gasteiger partial charge >= 0.3 is 0 Å². The smallest absolute Gasteiger partial charge is 0.123 e. The highest BCUT2D eigenvalue weighted by Gasteiger charge is 2.23. The molecule has 1 saturated heterocycles. The van der Waals surface area contributed by atoms with Crippen LogP contribution in [-0.2, 0) is 4.74 Å². The number of hydrogen-bond acceptors (Lipinski definition) is 4. The van der Waals surface area contributed by atoms with E-state index in [-0.39, 0.29) is 5.82 Å². The van der Waals surface area contributed by atoms with E-state index < -0.39 is 0 Å². The van der Waals surface area contributed by atoms with E-state index in [2.05, 4.69) is 22.4 Å². The fourth-order valence-corrected chi connectivity index (χ4v) is 4.12. The van der Waals surface area contributed by atoms with Crippen molar-refractivity contribution in [3.8, 4) is 0 Å². The molecule has 1 N–H and O–H groups in total. The molecule has 1 fully saturated rings. The molecule has 0 saturated carbocycles. The van der Waals surface area contributed by atoms with E-state index in [1.165, 1.54) is 30.5 Å². The van der Waals surface area contributed by atoms with Gasteiger partial charge in [-0.2, -0.15) is 0 Å². The monoisotopic (exact) mass is 381 g/mol. The van der Waals surface area contributed by atoms with Crippen molar-refractivity contribution in [1.29, 1.82) is 0 Å². The van der Waals surface area contributed by atoms with Gasteiger partial charge in [0, 0.05) is 41.8 Å². The van der Waals surface area contributed by atoms with Crippen molar-refractivity contribution in [2.75, 3.05) is 38.2 Å². The molecule has 3 heterocycles. The first-order valence-corrected chi connectivity index (χ1v) is 10.1. The number of anilines is 2. The Hall–Kier alpha value is -2.24. The number of halogens is 1. The number of nitrogens with one attached hydrogen (secondary N) is 1. The molecule has 4 rings (SSSR count). The Kier molecular flexibility index (Phi) is 6.03. The minimum absolute atomic E-state index is 0.224. The molecule has 2 aliphatic heterocycles. The Morgan fingerprint density at radius 1 is 1.21 bits per heavy atom. The van der Waals surface area contributed by atoms with Crippen molar-refractivity contribution in [2.45, 2.75) is 32.1 Å². The second-order valence-corrected chi connectivity index (χ2v) is 7.83. The zero-order chi connectivity index (χ0) is 19.3. The number of hydrogen-bond donors (Lipinski definition) is 1. The van der Waals surface area contributed by atoms with Crippen molar-refractivity contribution in [3.05, 3.63) is 65.3 Å². The van der Waals surface area contributed by atoms with E-state index in [0.717, 1.165) is 62.0 Å². The molecule has 4 nitrogen and oxygen atoms in total. The van der Waals surface area contributed by atoms with Crippen molar-refractivity contribution >= 4 is 11.4 Å². The zero-order valence-corrected chi connectivity index (χ0v) is 16.5. The number of ether oxygens (including phenoxy) is 1. The first kappa shape index (κ1) is 19.1. The maximum absolute atomic E-state index is 13.1. The van der Waals surface area contributed by atoms with E-state index in [1.54, 1.807) is 12.1 Å². The number of pyridine rings is 1. The van der Waals surface area contributed by atoms with Crippen LogP contribution in [0.1, 0.15) is 36.6 Å². The Balaban J connectivity index is 1.46. The van der Waals surface area contributed by atoms with Gasteiger partial charge in [-0.1, -0.05) is 6.08 Å². The molecule has 28 heavy (non-hydrogen) atoms. The molecule has 1 aromatic carbocycles. The Bertz CT molecular complexity index is 834. The summed E-state index contributed by atoms with van der Waals surface area (Å²) in [5, 5.41) is 3.38. The molecule has 5 heteroatoms. The lowest BCUT2D eigenvalue weighted by Gasteiger charge is -2.33. The SMILES string of the molecule is Cc1cc(Nc2ccc(F)cc2)cc([C@@H]2CCCN(CC3=CCCOC3)C2)n1. The summed E-state index contributed by atoms with van der Waals surface area (Å²) >= 11 is 0. The van der Waals surface area contributed by atoms with Gasteiger partial charge in [-0.15, -0.1) is 0 Å². The molecule has 0 bridgehead atoms. The van der Waals surface area contributed by atoms with Gasteiger partial charge in [-0.3, -0.25) is 9.88 Å². The van der Waals surface area contributed by atoms with E-state index in [0.29, 0.717) is 5.92 Å². The number of aryl methyl sites for hydroxylation is 1. The van der Waals surface area contributed by atoms with Gasteiger partial charge in [-0.25, -0.2) is 4.39 Å². The van der Waals surface area contributed by atoms with Crippen LogP contribution < -0.4 is 5.32 Å². The summed E-state index contributed by atoms with van der Waals surface area (Å²) in [6.07, 6.45) is 5.72. The van der Waals surface area contributed by atoms with E-state index in [1.807, 2.05) is 13.0 Å². The average molecular weight is 381 g/mol. The highest BCUT2D eigenvalue weighted by molar-refractivity contribution is 5.60. The van der Waals surface area contributed by atoms with Gasteiger partial charge < -0.3 is 10.1 Å². The predicted molar refractivity (Wildman–Crippen MR) is 111 cm³/mol. The van der Waals surface area contributed by atoms with Crippen LogP contribution in [0.4, 0.5) is 15.8 Å². The number of benzene rings is 1. The van der Waals surface area contributed by atoms with Gasteiger partial charge in [0.2, 0.25) is 0 Å². The molecule has 1 aromatic heterocycles. The summed E-state index contributed by atoms with van der Waals surface area (Å²) in [5.41, 5.74) is 5.44. The molecule has 0 aliphatic carbocycles. The van der Waals surface area contributed by atoms with Crippen LogP contribution in [0.3, 0.4) is 0 Å². The van der Waals surface area contributed by atoms with Gasteiger partial charge in [0.15, 0.2) is 0 Å². The second kappa shape index (κ2) is 8.84. The lowest BCUT2D eigenvalue weighted by molar-refractivity contribution is 0.137. The average Bonchev–Trinajstić information content (AvgIpc) is 2.70. The minimum Gasteiger partial charge on any atom is -0.377 e. The number of likely N-dealkylation sites (tertiary alicyclic amines) is 1. The van der Waals surface area contributed by atoms with Crippen LogP contribution in [-0.4, -0.2) is 42.7 Å². The van der Waals surface area contributed by atoms with Crippen LogP contribution in [0.25, 0.3) is 0 Å². The Labute approximate surface area is 166 Å². The first-order chi connectivity index (χ1) is 13.7. The Morgan fingerprint density at radius 2 is 2.07 bits per heavy atom. The van der Waals surface area contributed by atoms with Crippen molar-refractivity contribution in [2.24, 2.45) is 0 Å². The van der Waals surface area contributed by atoms with Crippen molar-refractivity contribution in [3.63, 3.8) is 0 Å². The minimum atomic E-state index is -0.224. The van der Waals surface area contributed by atoms with E-state index >= 15 is 0 Å². The van der Waals surface area contributed by atoms with Crippen LogP contribution >= 0.6 is 0 Å². The number of rotatable bonds is 5. The fraction of sp³-hybridized carbons (Fsp3) is 0.435. The topological polar surface area (TPSA) is 37.4 Å². The fourth-order valence-electron chi connectivity index (χ4n) is 4.12. The first-order valence-electron chi connectivity index (χ1n) is 10.1. The van der Waals surface area contributed by atoms with Crippen LogP contribution in [0.15, 0.2) is 48.0 Å². The summed E-state index contributed by atoms with van der Waals surface area (Å²) in [6, 6.07) is 10.6. The van der Waals surface area contributed by atoms with Crippen LogP contribution in [0.5, 0.6) is 0 Å². The molecule has 148 valence electrons. The highest BCUT2D eigenvalue weighted by atomic mass is 19.1. The maximum atomic E-state index is 13.1. The molecular formula is C23H28FN3O. The highest BCUT2D eigenvalue weighted by Crippen LogP contribution is 2.29. The molecule has 2 aromatic rings.